The van der Waals surface area contributed by atoms with Crippen molar-refractivity contribution >= 4 is 17.4 Å². The molecule has 0 spiro atoms. The van der Waals surface area contributed by atoms with Crippen molar-refractivity contribution in [3.8, 4) is 6.07 Å². The highest BCUT2D eigenvalue weighted by Crippen LogP contribution is 2.20. The van der Waals surface area contributed by atoms with E-state index in [-0.39, 0.29) is 0 Å². The lowest BCUT2D eigenvalue weighted by Gasteiger charge is -2.12. The second-order valence-electron chi connectivity index (χ2n) is 4.70. The van der Waals surface area contributed by atoms with Crippen molar-refractivity contribution in [3.05, 3.63) is 89.5 Å². The van der Waals surface area contributed by atoms with Crippen LogP contribution in [0.25, 0.3) is 0 Å². The Bertz CT molecular complexity index is 670. The summed E-state index contributed by atoms with van der Waals surface area (Å²) in [6.45, 7) is 0. The molecule has 2 aromatic rings. The summed E-state index contributed by atoms with van der Waals surface area (Å²) in [4.78, 5) is 2.73. The predicted octanol–water partition coefficient (Wildman–Crippen LogP) is 4.98. The van der Waals surface area contributed by atoms with Crippen LogP contribution in [0, 0.1) is 11.3 Å². The number of anilines is 1. The molecule has 22 heavy (non-hydrogen) atoms. The van der Waals surface area contributed by atoms with Crippen LogP contribution in [-0.4, -0.2) is 7.05 Å². The molecule has 0 fully saturated rings. The zero-order valence-electron chi connectivity index (χ0n) is 12.5. The van der Waals surface area contributed by atoms with Crippen LogP contribution >= 0.6 is 11.8 Å². The quantitative estimate of drug-likeness (QED) is 0.556. The lowest BCUT2D eigenvalue weighted by atomic mass is 10.2. The molecule has 2 rings (SSSR count). The van der Waals surface area contributed by atoms with Crippen LogP contribution in [0.5, 0.6) is 0 Å². The Kier molecular flexibility index (Phi) is 6.35. The molecule has 0 saturated heterocycles. The lowest BCUT2D eigenvalue weighted by molar-refractivity contribution is 1.20. The summed E-state index contributed by atoms with van der Waals surface area (Å²) in [7, 11) is 1.99. The molecule has 0 aliphatic heterocycles. The van der Waals surface area contributed by atoms with Crippen molar-refractivity contribution in [1.82, 2.24) is 0 Å². The number of para-hydroxylation sites is 1. The van der Waals surface area contributed by atoms with Gasteiger partial charge in [0, 0.05) is 24.7 Å². The summed E-state index contributed by atoms with van der Waals surface area (Å²) in [5.41, 5.74) is 2.33. The van der Waals surface area contributed by atoms with Gasteiger partial charge in [0.2, 0.25) is 0 Å². The molecule has 0 saturated carbocycles. The van der Waals surface area contributed by atoms with Gasteiger partial charge in [-0.15, -0.1) is 11.8 Å². The molecule has 2 nitrogen and oxygen atoms in total. The highest BCUT2D eigenvalue weighted by atomic mass is 32.2. The first kappa shape index (κ1) is 15.9. The summed E-state index contributed by atoms with van der Waals surface area (Å²) in [6.07, 6.45) is 5.71. The maximum absolute atomic E-state index is 9.20. The molecule has 0 aromatic heterocycles. The van der Waals surface area contributed by atoms with E-state index in [1.165, 1.54) is 5.56 Å². The summed E-state index contributed by atoms with van der Waals surface area (Å²) >= 11 is 1.55. The standard InChI is InChI=1S/C19H18N2S/c1-21(18-11-6-3-7-12-18)14-8-13-19(15-20)22-16-17-9-4-2-5-10-17/h2-14H,16H2,1H3/b14-8-,19-13-. The van der Waals surface area contributed by atoms with Gasteiger partial charge in [0.05, 0.1) is 4.91 Å². The normalized spacial score (nSPS) is 11.4. The van der Waals surface area contributed by atoms with E-state index in [4.69, 9.17) is 0 Å². The molecule has 110 valence electrons. The fraction of sp³-hybridized carbons (Fsp3) is 0.105. The van der Waals surface area contributed by atoms with Gasteiger partial charge in [0.15, 0.2) is 0 Å². The smallest absolute Gasteiger partial charge is 0.106 e. The molecule has 0 radical (unpaired) electrons. The minimum Gasteiger partial charge on any atom is -0.351 e. The van der Waals surface area contributed by atoms with Gasteiger partial charge in [-0.05, 0) is 29.8 Å². The third kappa shape index (κ3) is 5.16. The Morgan fingerprint density at radius 2 is 1.73 bits per heavy atom. The molecule has 0 aliphatic rings. The fourth-order valence-electron chi connectivity index (χ4n) is 1.86. The van der Waals surface area contributed by atoms with Crippen LogP contribution in [-0.2, 0) is 5.75 Å². The first-order chi connectivity index (χ1) is 10.8. The van der Waals surface area contributed by atoms with Gasteiger partial charge in [-0.1, -0.05) is 48.5 Å². The maximum Gasteiger partial charge on any atom is 0.106 e. The average Bonchev–Trinajstić information content (AvgIpc) is 2.59. The van der Waals surface area contributed by atoms with Crippen LogP contribution < -0.4 is 4.90 Å². The van der Waals surface area contributed by atoms with E-state index in [9.17, 15) is 5.26 Å². The van der Waals surface area contributed by atoms with Crippen molar-refractivity contribution in [3.63, 3.8) is 0 Å². The van der Waals surface area contributed by atoms with Crippen LogP contribution in [0.15, 0.2) is 83.9 Å². The van der Waals surface area contributed by atoms with Gasteiger partial charge >= 0.3 is 0 Å². The summed E-state index contributed by atoms with van der Waals surface area (Å²) in [5, 5.41) is 9.20. The van der Waals surface area contributed by atoms with Gasteiger partial charge in [0.1, 0.15) is 6.07 Å². The highest BCUT2D eigenvalue weighted by molar-refractivity contribution is 8.02. The number of rotatable bonds is 6. The Hall–Kier alpha value is -2.44. The number of hydrogen-bond acceptors (Lipinski definition) is 3. The third-order valence-electron chi connectivity index (χ3n) is 3.07. The molecular formula is C19H18N2S. The first-order valence-electron chi connectivity index (χ1n) is 7.03. The summed E-state index contributed by atoms with van der Waals surface area (Å²) in [6, 6.07) is 22.5. The SMILES string of the molecule is CN(/C=C\C=C(\C#N)SCc1ccccc1)c1ccccc1. The Morgan fingerprint density at radius 3 is 2.36 bits per heavy atom. The number of nitriles is 1. The van der Waals surface area contributed by atoms with Crippen molar-refractivity contribution in [2.45, 2.75) is 5.75 Å². The van der Waals surface area contributed by atoms with Gasteiger partial charge in [-0.3, -0.25) is 0 Å². The number of thioether (sulfide) groups is 1. The van der Waals surface area contributed by atoms with E-state index in [1.807, 2.05) is 78.8 Å². The second-order valence-corrected chi connectivity index (χ2v) is 5.72. The lowest BCUT2D eigenvalue weighted by Crippen LogP contribution is -2.06. The Balaban J connectivity index is 1.92. The maximum atomic E-state index is 9.20. The molecule has 0 unspecified atom stereocenters. The van der Waals surface area contributed by atoms with Crippen molar-refractivity contribution < 1.29 is 0 Å². The number of hydrogen-bond donors (Lipinski definition) is 0. The average molecular weight is 306 g/mol. The van der Waals surface area contributed by atoms with Gasteiger partial charge in [0.25, 0.3) is 0 Å². The minimum absolute atomic E-state index is 0.710. The molecule has 0 atom stereocenters. The summed E-state index contributed by atoms with van der Waals surface area (Å²) in [5.74, 6) is 0.808. The minimum atomic E-state index is 0.710. The van der Waals surface area contributed by atoms with Crippen molar-refractivity contribution in [1.29, 1.82) is 5.26 Å². The van der Waals surface area contributed by atoms with E-state index < -0.39 is 0 Å². The molecule has 0 N–H and O–H groups in total. The van der Waals surface area contributed by atoms with Crippen molar-refractivity contribution in [2.75, 3.05) is 11.9 Å². The Labute approximate surface area is 136 Å². The number of allylic oxidation sites excluding steroid dienone is 3. The monoisotopic (exact) mass is 306 g/mol. The highest BCUT2D eigenvalue weighted by Gasteiger charge is 1.98. The topological polar surface area (TPSA) is 27.0 Å². The van der Waals surface area contributed by atoms with Crippen LogP contribution in [0.1, 0.15) is 5.56 Å². The van der Waals surface area contributed by atoms with E-state index in [0.717, 1.165) is 11.4 Å². The number of nitrogens with zero attached hydrogens (tertiary/aromatic N) is 2. The van der Waals surface area contributed by atoms with Gasteiger partial charge < -0.3 is 4.90 Å². The van der Waals surface area contributed by atoms with Crippen LogP contribution in [0.2, 0.25) is 0 Å². The molecule has 0 aliphatic carbocycles. The first-order valence-corrected chi connectivity index (χ1v) is 8.01. The molecule has 2 aromatic carbocycles. The summed E-state index contributed by atoms with van der Waals surface area (Å²) < 4.78 is 0. The van der Waals surface area contributed by atoms with E-state index in [2.05, 4.69) is 18.2 Å². The molecule has 0 amide bonds. The van der Waals surface area contributed by atoms with E-state index in [1.54, 1.807) is 11.8 Å². The van der Waals surface area contributed by atoms with Crippen LogP contribution in [0.3, 0.4) is 0 Å². The fourth-order valence-corrected chi connectivity index (χ4v) is 2.62. The van der Waals surface area contributed by atoms with E-state index >= 15 is 0 Å². The molecule has 3 heteroatoms. The van der Waals surface area contributed by atoms with Crippen molar-refractivity contribution in [2.24, 2.45) is 0 Å². The Morgan fingerprint density at radius 1 is 1.09 bits per heavy atom. The molecular weight excluding hydrogens is 288 g/mol. The van der Waals surface area contributed by atoms with Gasteiger partial charge in [-0.2, -0.15) is 5.26 Å². The predicted molar refractivity (Wildman–Crippen MR) is 95.4 cm³/mol. The van der Waals surface area contributed by atoms with E-state index in [0.29, 0.717) is 4.91 Å². The second kappa shape index (κ2) is 8.76. The largest absolute Gasteiger partial charge is 0.351 e. The third-order valence-corrected chi connectivity index (χ3v) is 4.08. The number of benzene rings is 2. The molecule has 0 heterocycles. The molecule has 0 bridgehead atoms. The zero-order chi connectivity index (χ0) is 15.6. The van der Waals surface area contributed by atoms with Crippen LogP contribution in [0.4, 0.5) is 5.69 Å². The zero-order valence-corrected chi connectivity index (χ0v) is 13.3. The van der Waals surface area contributed by atoms with Gasteiger partial charge in [-0.25, -0.2) is 0 Å².